The molecular formula is C20H25N5O2S. The van der Waals surface area contributed by atoms with E-state index in [1.165, 1.54) is 11.3 Å². The summed E-state index contributed by atoms with van der Waals surface area (Å²) in [7, 11) is 1.72. The molecule has 0 radical (unpaired) electrons. The molecule has 7 nitrogen and oxygen atoms in total. The molecule has 1 aromatic heterocycles. The summed E-state index contributed by atoms with van der Waals surface area (Å²) < 4.78 is 0. The van der Waals surface area contributed by atoms with Gasteiger partial charge in [0.2, 0.25) is 5.91 Å². The van der Waals surface area contributed by atoms with Crippen LogP contribution in [0.1, 0.15) is 34.0 Å². The van der Waals surface area contributed by atoms with Crippen LogP contribution in [-0.4, -0.2) is 44.5 Å². The Bertz CT molecular complexity index is 835. The Balaban J connectivity index is 1.39. The summed E-state index contributed by atoms with van der Waals surface area (Å²) in [5.74, 6) is 0.795. The lowest BCUT2D eigenvalue weighted by Crippen LogP contribution is -2.41. The highest BCUT2D eigenvalue weighted by molar-refractivity contribution is 7.12. The van der Waals surface area contributed by atoms with E-state index < -0.39 is 0 Å². The summed E-state index contributed by atoms with van der Waals surface area (Å²) in [4.78, 5) is 28.7. The molecule has 1 aliphatic rings. The molecule has 0 saturated carbocycles. The van der Waals surface area contributed by atoms with Crippen LogP contribution in [0, 0.1) is 0 Å². The monoisotopic (exact) mass is 399 g/mol. The van der Waals surface area contributed by atoms with Gasteiger partial charge in [-0.05, 0) is 29.5 Å². The summed E-state index contributed by atoms with van der Waals surface area (Å²) in [5.41, 5.74) is 2.02. The lowest BCUT2D eigenvalue weighted by molar-refractivity contribution is -0.116. The Morgan fingerprint density at radius 2 is 2.00 bits per heavy atom. The van der Waals surface area contributed by atoms with Crippen molar-refractivity contribution in [3.63, 3.8) is 0 Å². The molecular weight excluding hydrogens is 374 g/mol. The van der Waals surface area contributed by atoms with Crippen molar-refractivity contribution in [3.8, 4) is 0 Å². The fourth-order valence-corrected chi connectivity index (χ4v) is 3.76. The van der Waals surface area contributed by atoms with Crippen molar-refractivity contribution >= 4 is 34.8 Å². The van der Waals surface area contributed by atoms with Crippen LogP contribution in [0.25, 0.3) is 0 Å². The topological polar surface area (TPSA) is 94.6 Å². The number of guanidine groups is 1. The van der Waals surface area contributed by atoms with E-state index in [0.717, 1.165) is 22.5 Å². The van der Waals surface area contributed by atoms with Crippen LogP contribution in [0.2, 0.25) is 0 Å². The maximum atomic E-state index is 11.9. The fourth-order valence-electron chi connectivity index (χ4n) is 3.12. The van der Waals surface area contributed by atoms with Gasteiger partial charge >= 0.3 is 0 Å². The van der Waals surface area contributed by atoms with E-state index >= 15 is 0 Å². The SMILES string of the molecule is CN=C(NCCCNC(=O)c1cccs1)NCC1CC(=O)Nc2ccccc21. The molecule has 1 unspecified atom stereocenters. The van der Waals surface area contributed by atoms with E-state index in [4.69, 9.17) is 0 Å². The van der Waals surface area contributed by atoms with Gasteiger partial charge in [0.05, 0.1) is 4.88 Å². The number of anilines is 1. The van der Waals surface area contributed by atoms with Crippen LogP contribution >= 0.6 is 11.3 Å². The number of nitrogens with zero attached hydrogens (tertiary/aromatic N) is 1. The first-order chi connectivity index (χ1) is 13.7. The Morgan fingerprint density at radius 3 is 2.79 bits per heavy atom. The van der Waals surface area contributed by atoms with E-state index in [1.54, 1.807) is 7.05 Å². The minimum Gasteiger partial charge on any atom is -0.356 e. The average molecular weight is 400 g/mol. The predicted octanol–water partition coefficient (Wildman–Crippen LogP) is 2.16. The summed E-state index contributed by atoms with van der Waals surface area (Å²) >= 11 is 1.43. The number of carbonyl (C=O) groups is 2. The molecule has 2 aromatic rings. The van der Waals surface area contributed by atoms with Crippen LogP contribution in [0.4, 0.5) is 5.69 Å². The third kappa shape index (κ3) is 5.32. The zero-order valence-corrected chi connectivity index (χ0v) is 16.6. The van der Waals surface area contributed by atoms with Gasteiger partial charge in [-0.25, -0.2) is 0 Å². The van der Waals surface area contributed by atoms with Crippen molar-refractivity contribution in [2.45, 2.75) is 18.8 Å². The number of carbonyl (C=O) groups excluding carboxylic acids is 2. The number of nitrogens with one attached hydrogen (secondary N) is 4. The maximum absolute atomic E-state index is 11.9. The van der Waals surface area contributed by atoms with Gasteiger partial charge in [0.15, 0.2) is 5.96 Å². The smallest absolute Gasteiger partial charge is 0.261 e. The minimum atomic E-state index is -0.0354. The first-order valence-electron chi connectivity index (χ1n) is 9.32. The number of aliphatic imine (C=N–C) groups is 1. The Morgan fingerprint density at radius 1 is 1.18 bits per heavy atom. The van der Waals surface area contributed by atoms with Gasteiger partial charge in [0.25, 0.3) is 5.91 Å². The molecule has 2 amide bonds. The van der Waals surface area contributed by atoms with Crippen LogP contribution in [0.5, 0.6) is 0 Å². The van der Waals surface area contributed by atoms with E-state index in [9.17, 15) is 9.59 Å². The zero-order valence-electron chi connectivity index (χ0n) is 15.8. The molecule has 1 atom stereocenters. The van der Waals surface area contributed by atoms with Gasteiger partial charge in [-0.15, -0.1) is 11.3 Å². The predicted molar refractivity (Wildman–Crippen MR) is 113 cm³/mol. The second kappa shape index (κ2) is 9.89. The van der Waals surface area contributed by atoms with Crippen molar-refractivity contribution < 1.29 is 9.59 Å². The maximum Gasteiger partial charge on any atom is 0.261 e. The molecule has 0 bridgehead atoms. The van der Waals surface area contributed by atoms with Gasteiger partial charge in [-0.1, -0.05) is 24.3 Å². The second-order valence-corrected chi connectivity index (χ2v) is 7.45. The summed E-state index contributed by atoms with van der Waals surface area (Å²) in [6.07, 6.45) is 1.24. The first kappa shape index (κ1) is 19.9. The van der Waals surface area contributed by atoms with E-state index in [0.29, 0.717) is 32.0 Å². The molecule has 148 valence electrons. The number of hydrogen-bond acceptors (Lipinski definition) is 4. The van der Waals surface area contributed by atoms with Gasteiger partial charge in [0.1, 0.15) is 0 Å². The van der Waals surface area contributed by atoms with Gasteiger partial charge in [0, 0.05) is 44.7 Å². The molecule has 0 fully saturated rings. The molecule has 0 saturated heterocycles. The molecule has 3 rings (SSSR count). The minimum absolute atomic E-state index is 0.0354. The summed E-state index contributed by atoms with van der Waals surface area (Å²) in [5, 5.41) is 14.2. The average Bonchev–Trinajstić information content (AvgIpc) is 3.24. The van der Waals surface area contributed by atoms with Gasteiger partial charge in [-0.3, -0.25) is 14.6 Å². The molecule has 0 aliphatic carbocycles. The van der Waals surface area contributed by atoms with Crippen LogP contribution in [0.15, 0.2) is 46.8 Å². The number of para-hydroxylation sites is 1. The molecule has 4 N–H and O–H groups in total. The molecule has 0 spiro atoms. The zero-order chi connectivity index (χ0) is 19.8. The Kier molecular flexibility index (Phi) is 7.02. The Labute approximate surface area is 168 Å². The normalized spacial score (nSPS) is 16.1. The lowest BCUT2D eigenvalue weighted by atomic mass is 9.90. The van der Waals surface area contributed by atoms with Gasteiger partial charge < -0.3 is 21.3 Å². The van der Waals surface area contributed by atoms with E-state index in [-0.39, 0.29) is 17.7 Å². The van der Waals surface area contributed by atoms with Crippen molar-refractivity contribution in [2.75, 3.05) is 32.0 Å². The van der Waals surface area contributed by atoms with Crippen LogP contribution < -0.4 is 21.3 Å². The molecule has 1 aromatic carbocycles. The van der Waals surface area contributed by atoms with Crippen molar-refractivity contribution in [1.82, 2.24) is 16.0 Å². The van der Waals surface area contributed by atoms with Crippen LogP contribution in [-0.2, 0) is 4.79 Å². The van der Waals surface area contributed by atoms with Crippen molar-refractivity contribution in [3.05, 3.63) is 52.2 Å². The highest BCUT2D eigenvalue weighted by atomic mass is 32.1. The fraction of sp³-hybridized carbons (Fsp3) is 0.350. The Hall–Kier alpha value is -2.87. The number of hydrogen-bond donors (Lipinski definition) is 4. The second-order valence-electron chi connectivity index (χ2n) is 6.50. The van der Waals surface area contributed by atoms with Crippen LogP contribution in [0.3, 0.4) is 0 Å². The molecule has 8 heteroatoms. The molecule has 28 heavy (non-hydrogen) atoms. The summed E-state index contributed by atoms with van der Waals surface area (Å²) in [6, 6.07) is 11.6. The standard InChI is InChI=1S/C20H25N5O2S/c1-21-20(23-10-5-9-22-19(27)17-8-4-11-28-17)24-13-14-12-18(26)25-16-7-3-2-6-15(14)16/h2-4,6-8,11,14H,5,9-10,12-13H2,1H3,(H,22,27)(H,25,26)(H2,21,23,24). The lowest BCUT2D eigenvalue weighted by Gasteiger charge is -2.26. The highest BCUT2D eigenvalue weighted by Gasteiger charge is 2.24. The molecule has 1 aliphatic heterocycles. The number of thiophene rings is 1. The number of amides is 2. The van der Waals surface area contributed by atoms with Gasteiger partial charge in [-0.2, -0.15) is 0 Å². The first-order valence-corrected chi connectivity index (χ1v) is 10.2. The number of rotatable bonds is 7. The third-order valence-electron chi connectivity index (χ3n) is 4.52. The van der Waals surface area contributed by atoms with E-state index in [1.807, 2.05) is 41.8 Å². The highest BCUT2D eigenvalue weighted by Crippen LogP contribution is 2.31. The van der Waals surface area contributed by atoms with E-state index in [2.05, 4.69) is 26.3 Å². The van der Waals surface area contributed by atoms with Crippen molar-refractivity contribution in [2.24, 2.45) is 4.99 Å². The molecule has 2 heterocycles. The third-order valence-corrected chi connectivity index (χ3v) is 5.39. The largest absolute Gasteiger partial charge is 0.356 e. The quantitative estimate of drug-likeness (QED) is 0.326. The number of fused-ring (bicyclic) bond motifs is 1. The van der Waals surface area contributed by atoms with Crippen molar-refractivity contribution in [1.29, 1.82) is 0 Å². The number of benzene rings is 1. The summed E-state index contributed by atoms with van der Waals surface area (Å²) in [6.45, 7) is 1.91.